The molecular weight excluding hydrogens is 540 g/mol. The molecule has 5 aromatic carbocycles. The summed E-state index contributed by atoms with van der Waals surface area (Å²) in [7, 11) is 0. The fourth-order valence-corrected chi connectivity index (χ4v) is 5.11. The van der Waals surface area contributed by atoms with Crippen LogP contribution in [0.5, 0.6) is 0 Å². The molecule has 0 radical (unpaired) electrons. The summed E-state index contributed by atoms with van der Waals surface area (Å²) in [5.41, 5.74) is 1.97. The maximum atomic E-state index is 16.9. The second kappa shape index (κ2) is 10.2. The van der Waals surface area contributed by atoms with Crippen LogP contribution in [-0.2, 0) is 0 Å². The first-order chi connectivity index (χ1) is 17.3. The molecule has 0 unspecified atom stereocenters. The van der Waals surface area contributed by atoms with Crippen LogP contribution in [0.3, 0.4) is 0 Å². The molecule has 6 heteroatoms. The van der Waals surface area contributed by atoms with Gasteiger partial charge in [-0.2, -0.15) is 0 Å². The summed E-state index contributed by atoms with van der Waals surface area (Å²) < 4.78 is 33.7. The third kappa shape index (κ3) is 4.75. The molecule has 0 bridgehead atoms. The monoisotopic (exact) mass is 554 g/mol. The van der Waals surface area contributed by atoms with Crippen LogP contribution in [-0.4, -0.2) is 0 Å². The van der Waals surface area contributed by atoms with Crippen molar-refractivity contribution >= 4 is 46.4 Å². The maximum absolute atomic E-state index is 16.9. The summed E-state index contributed by atoms with van der Waals surface area (Å²) in [6, 6.07) is 26.7. The van der Waals surface area contributed by atoms with Gasteiger partial charge in [-0.3, -0.25) is 0 Å². The van der Waals surface area contributed by atoms with Crippen molar-refractivity contribution in [3.63, 3.8) is 0 Å². The summed E-state index contributed by atoms with van der Waals surface area (Å²) in [6.45, 7) is 0. The van der Waals surface area contributed by atoms with Gasteiger partial charge in [-0.1, -0.05) is 94.9 Å². The average molecular weight is 556 g/mol. The molecule has 5 aromatic rings. The highest BCUT2D eigenvalue weighted by atomic mass is 35.5. The predicted molar refractivity (Wildman–Crippen MR) is 148 cm³/mol. The molecule has 0 saturated carbocycles. The average Bonchev–Trinajstić information content (AvgIpc) is 2.84. The molecule has 0 fully saturated rings. The molecule has 5 rings (SSSR count). The van der Waals surface area contributed by atoms with Crippen molar-refractivity contribution in [2.24, 2.45) is 0 Å². The minimum Gasteiger partial charge on any atom is -0.206 e. The summed E-state index contributed by atoms with van der Waals surface area (Å²) in [6.07, 6.45) is 0. The molecule has 0 saturated heterocycles. The lowest BCUT2D eigenvalue weighted by Crippen LogP contribution is -2.03. The molecule has 0 aliphatic heterocycles. The molecule has 178 valence electrons. The van der Waals surface area contributed by atoms with E-state index in [4.69, 9.17) is 46.4 Å². The van der Waals surface area contributed by atoms with E-state index >= 15 is 8.78 Å². The van der Waals surface area contributed by atoms with Crippen molar-refractivity contribution in [3.05, 3.63) is 129 Å². The number of hydrogen-bond acceptors (Lipinski definition) is 0. The second-order valence-electron chi connectivity index (χ2n) is 8.17. The molecule has 0 nitrogen and oxygen atoms in total. The molecular formula is C30H16Cl4F2. The first-order valence-corrected chi connectivity index (χ1v) is 12.4. The molecule has 0 aliphatic rings. The third-order valence-corrected chi connectivity index (χ3v) is 6.77. The highest BCUT2D eigenvalue weighted by Crippen LogP contribution is 2.48. The Labute approximate surface area is 227 Å². The van der Waals surface area contributed by atoms with E-state index in [9.17, 15) is 0 Å². The number of halogens is 6. The van der Waals surface area contributed by atoms with Crippen LogP contribution >= 0.6 is 46.4 Å². The lowest BCUT2D eigenvalue weighted by atomic mass is 9.84. The molecule has 36 heavy (non-hydrogen) atoms. The smallest absolute Gasteiger partial charge is 0.140 e. The van der Waals surface area contributed by atoms with Gasteiger partial charge in [0, 0.05) is 42.3 Å². The van der Waals surface area contributed by atoms with Crippen molar-refractivity contribution in [3.8, 4) is 44.5 Å². The third-order valence-electron chi connectivity index (χ3n) is 5.83. The van der Waals surface area contributed by atoms with E-state index in [1.165, 1.54) is 0 Å². The molecule has 0 atom stereocenters. The Morgan fingerprint density at radius 2 is 0.583 bits per heavy atom. The van der Waals surface area contributed by atoms with Crippen molar-refractivity contribution in [1.29, 1.82) is 0 Å². The lowest BCUT2D eigenvalue weighted by Gasteiger charge is -2.21. The van der Waals surface area contributed by atoms with E-state index in [1.54, 1.807) is 97.1 Å². The largest absolute Gasteiger partial charge is 0.206 e. The van der Waals surface area contributed by atoms with E-state index in [0.29, 0.717) is 42.3 Å². The van der Waals surface area contributed by atoms with Crippen LogP contribution in [0, 0.1) is 11.6 Å². The number of hydrogen-bond donors (Lipinski definition) is 0. The molecule has 0 spiro atoms. The standard InChI is InChI=1S/C30H16Cl4F2/c31-21-9-1-5-17(13-21)25-26(18-6-2-10-22(32)14-18)30(36)28(20-8-4-12-24(34)16-20)27(29(25)35)19-7-3-11-23(33)15-19/h1-16H. The highest BCUT2D eigenvalue weighted by molar-refractivity contribution is 6.32. The van der Waals surface area contributed by atoms with E-state index in [-0.39, 0.29) is 22.3 Å². The van der Waals surface area contributed by atoms with Crippen molar-refractivity contribution in [2.75, 3.05) is 0 Å². The van der Waals surface area contributed by atoms with Gasteiger partial charge in [0.25, 0.3) is 0 Å². The SMILES string of the molecule is Fc1c(-c2cccc(Cl)c2)c(-c2cccc(Cl)c2)c(F)c(-c2cccc(Cl)c2)c1-c1cccc(Cl)c1. The quantitative estimate of drug-likeness (QED) is 0.207. The summed E-state index contributed by atoms with van der Waals surface area (Å²) in [5, 5.41) is 1.58. The van der Waals surface area contributed by atoms with Crippen molar-refractivity contribution in [1.82, 2.24) is 0 Å². The highest BCUT2D eigenvalue weighted by Gasteiger charge is 2.28. The molecule has 0 aliphatic carbocycles. The second-order valence-corrected chi connectivity index (χ2v) is 9.92. The first kappa shape index (κ1) is 24.8. The maximum Gasteiger partial charge on any atom is 0.140 e. The predicted octanol–water partition coefficient (Wildman–Crippen LogP) is 11.2. The zero-order valence-electron chi connectivity index (χ0n) is 18.5. The molecule has 0 aromatic heterocycles. The topological polar surface area (TPSA) is 0 Å². The van der Waals surface area contributed by atoms with Crippen LogP contribution < -0.4 is 0 Å². The summed E-state index contributed by atoms with van der Waals surface area (Å²) >= 11 is 25.1. The van der Waals surface area contributed by atoms with Gasteiger partial charge in [0.05, 0.1) is 0 Å². The van der Waals surface area contributed by atoms with Gasteiger partial charge in [0.2, 0.25) is 0 Å². The Morgan fingerprint density at radius 1 is 0.361 bits per heavy atom. The zero-order valence-corrected chi connectivity index (χ0v) is 21.5. The van der Waals surface area contributed by atoms with Gasteiger partial charge < -0.3 is 0 Å². The Morgan fingerprint density at radius 3 is 0.778 bits per heavy atom. The van der Waals surface area contributed by atoms with Crippen LogP contribution in [0.25, 0.3) is 44.5 Å². The fourth-order valence-electron chi connectivity index (χ4n) is 4.35. The normalized spacial score (nSPS) is 11.1. The number of benzene rings is 5. The van der Waals surface area contributed by atoms with E-state index in [1.807, 2.05) is 0 Å². The molecule has 0 N–H and O–H groups in total. The van der Waals surface area contributed by atoms with Gasteiger partial charge >= 0.3 is 0 Å². The Kier molecular flexibility index (Phi) is 7.05. The van der Waals surface area contributed by atoms with Gasteiger partial charge in [0.15, 0.2) is 0 Å². The first-order valence-electron chi connectivity index (χ1n) is 10.9. The Balaban J connectivity index is 1.99. The number of rotatable bonds is 4. The van der Waals surface area contributed by atoms with Crippen LogP contribution in [0.1, 0.15) is 0 Å². The minimum atomic E-state index is -0.620. The van der Waals surface area contributed by atoms with E-state index in [2.05, 4.69) is 0 Å². The van der Waals surface area contributed by atoms with Gasteiger partial charge in [0.1, 0.15) is 11.6 Å². The van der Waals surface area contributed by atoms with Crippen molar-refractivity contribution < 1.29 is 8.78 Å². The Bertz CT molecular complexity index is 1380. The zero-order chi connectivity index (χ0) is 25.4. The Hall–Kier alpha value is -2.88. The molecule has 0 heterocycles. The van der Waals surface area contributed by atoms with Crippen LogP contribution in [0.2, 0.25) is 20.1 Å². The van der Waals surface area contributed by atoms with Crippen LogP contribution in [0.4, 0.5) is 8.78 Å². The van der Waals surface area contributed by atoms with Gasteiger partial charge in [-0.25, -0.2) is 8.78 Å². The molecule has 0 amide bonds. The van der Waals surface area contributed by atoms with Gasteiger partial charge in [-0.05, 0) is 70.8 Å². The van der Waals surface area contributed by atoms with Gasteiger partial charge in [-0.15, -0.1) is 0 Å². The van der Waals surface area contributed by atoms with E-state index < -0.39 is 11.6 Å². The van der Waals surface area contributed by atoms with Crippen LogP contribution in [0.15, 0.2) is 97.1 Å². The van der Waals surface area contributed by atoms with E-state index in [0.717, 1.165) is 0 Å². The summed E-state index contributed by atoms with van der Waals surface area (Å²) in [5.74, 6) is -1.24. The lowest BCUT2D eigenvalue weighted by molar-refractivity contribution is 0.612. The van der Waals surface area contributed by atoms with Crippen molar-refractivity contribution in [2.45, 2.75) is 0 Å². The summed E-state index contributed by atoms with van der Waals surface area (Å²) in [4.78, 5) is 0. The minimum absolute atomic E-state index is 0.0676. The fraction of sp³-hybridized carbons (Fsp3) is 0.